The first kappa shape index (κ1) is 16.4. The summed E-state index contributed by atoms with van der Waals surface area (Å²) in [5.74, 6) is 0.126. The zero-order valence-corrected chi connectivity index (χ0v) is 12.7. The van der Waals surface area contributed by atoms with E-state index in [1.807, 2.05) is 6.92 Å². The van der Waals surface area contributed by atoms with Crippen LogP contribution < -0.4 is 10.2 Å². The van der Waals surface area contributed by atoms with Crippen LogP contribution in [-0.2, 0) is 0 Å². The van der Waals surface area contributed by atoms with Gasteiger partial charge in [0.25, 0.3) is 5.91 Å². The molecule has 2 rings (SSSR count). The number of amides is 1. The van der Waals surface area contributed by atoms with Crippen molar-refractivity contribution in [2.45, 2.75) is 13.3 Å². The monoisotopic (exact) mass is 314 g/mol. The van der Waals surface area contributed by atoms with E-state index in [0.717, 1.165) is 6.42 Å². The zero-order valence-electron chi connectivity index (χ0n) is 12.7. The van der Waals surface area contributed by atoms with E-state index in [-0.39, 0.29) is 17.1 Å². The molecule has 6 nitrogen and oxygen atoms in total. The van der Waals surface area contributed by atoms with Crippen molar-refractivity contribution in [3.05, 3.63) is 53.6 Å². The predicted molar refractivity (Wildman–Crippen MR) is 87.1 cm³/mol. The summed E-state index contributed by atoms with van der Waals surface area (Å²) < 4.78 is 5.40. The molecule has 2 aromatic rings. The highest BCUT2D eigenvalue weighted by molar-refractivity contribution is 5.95. The van der Waals surface area contributed by atoms with Crippen LogP contribution in [0, 0.1) is 0 Å². The Bertz CT molecular complexity index is 713. The van der Waals surface area contributed by atoms with Gasteiger partial charge in [-0.15, -0.1) is 0 Å². The van der Waals surface area contributed by atoms with Gasteiger partial charge in [-0.2, -0.15) is 5.10 Å². The molecule has 0 saturated carbocycles. The van der Waals surface area contributed by atoms with E-state index in [9.17, 15) is 15.0 Å². The second-order valence-electron chi connectivity index (χ2n) is 4.82. The highest BCUT2D eigenvalue weighted by Gasteiger charge is 2.05. The third-order valence-electron chi connectivity index (χ3n) is 2.95. The van der Waals surface area contributed by atoms with Gasteiger partial charge in [-0.3, -0.25) is 4.79 Å². The van der Waals surface area contributed by atoms with Gasteiger partial charge >= 0.3 is 0 Å². The Morgan fingerprint density at radius 1 is 1.26 bits per heavy atom. The largest absolute Gasteiger partial charge is 0.508 e. The molecule has 0 aliphatic carbocycles. The number of hydrogen-bond acceptors (Lipinski definition) is 5. The smallest absolute Gasteiger partial charge is 0.271 e. The van der Waals surface area contributed by atoms with Crippen LogP contribution in [0.3, 0.4) is 0 Å². The van der Waals surface area contributed by atoms with Crippen LogP contribution in [0.1, 0.15) is 29.3 Å². The van der Waals surface area contributed by atoms with Crippen molar-refractivity contribution in [2.24, 2.45) is 5.10 Å². The van der Waals surface area contributed by atoms with Gasteiger partial charge in [-0.05, 0) is 36.8 Å². The first-order valence-corrected chi connectivity index (χ1v) is 7.18. The SMILES string of the molecule is CCCOc1ccc(/C=N/NC(=O)c2cccc(O)c2)c(O)c1. The maximum atomic E-state index is 11.8. The summed E-state index contributed by atoms with van der Waals surface area (Å²) >= 11 is 0. The molecular formula is C17H18N2O4. The first-order chi connectivity index (χ1) is 11.1. The third-order valence-corrected chi connectivity index (χ3v) is 2.95. The van der Waals surface area contributed by atoms with Crippen molar-refractivity contribution in [3.8, 4) is 17.2 Å². The highest BCUT2D eigenvalue weighted by Crippen LogP contribution is 2.22. The van der Waals surface area contributed by atoms with E-state index in [4.69, 9.17) is 4.74 Å². The Hall–Kier alpha value is -3.02. The molecule has 0 spiro atoms. The molecule has 0 aliphatic rings. The van der Waals surface area contributed by atoms with Crippen molar-refractivity contribution in [1.82, 2.24) is 5.43 Å². The van der Waals surface area contributed by atoms with Crippen molar-refractivity contribution >= 4 is 12.1 Å². The molecule has 3 N–H and O–H groups in total. The van der Waals surface area contributed by atoms with Gasteiger partial charge in [0.05, 0.1) is 12.8 Å². The first-order valence-electron chi connectivity index (χ1n) is 7.18. The number of hydrazone groups is 1. The maximum Gasteiger partial charge on any atom is 0.271 e. The lowest BCUT2D eigenvalue weighted by molar-refractivity contribution is 0.0954. The van der Waals surface area contributed by atoms with Crippen molar-refractivity contribution < 1.29 is 19.7 Å². The van der Waals surface area contributed by atoms with Crippen LogP contribution in [0.5, 0.6) is 17.2 Å². The number of hydrogen-bond donors (Lipinski definition) is 3. The predicted octanol–water partition coefficient (Wildman–Crippen LogP) is 2.65. The summed E-state index contributed by atoms with van der Waals surface area (Å²) in [7, 11) is 0. The molecule has 0 fully saturated rings. The van der Waals surface area contributed by atoms with E-state index in [1.165, 1.54) is 24.4 Å². The van der Waals surface area contributed by atoms with E-state index in [2.05, 4.69) is 10.5 Å². The van der Waals surface area contributed by atoms with Gasteiger partial charge < -0.3 is 14.9 Å². The fourth-order valence-electron chi connectivity index (χ4n) is 1.81. The fourth-order valence-corrected chi connectivity index (χ4v) is 1.81. The minimum atomic E-state index is -0.459. The summed E-state index contributed by atoms with van der Waals surface area (Å²) in [4.78, 5) is 11.8. The van der Waals surface area contributed by atoms with Crippen LogP contribution in [0.4, 0.5) is 0 Å². The summed E-state index contributed by atoms with van der Waals surface area (Å²) in [6, 6.07) is 10.8. The van der Waals surface area contributed by atoms with Gasteiger partial charge in [0, 0.05) is 17.2 Å². The Morgan fingerprint density at radius 2 is 2.09 bits per heavy atom. The highest BCUT2D eigenvalue weighted by atomic mass is 16.5. The van der Waals surface area contributed by atoms with E-state index >= 15 is 0 Å². The molecule has 1 amide bonds. The number of phenols is 2. The Labute approximate surface area is 134 Å². The van der Waals surface area contributed by atoms with Gasteiger partial charge in [0.2, 0.25) is 0 Å². The minimum absolute atomic E-state index is 0.00180. The molecule has 6 heteroatoms. The summed E-state index contributed by atoms with van der Waals surface area (Å²) in [5.41, 5.74) is 3.06. The maximum absolute atomic E-state index is 11.8. The summed E-state index contributed by atoms with van der Waals surface area (Å²) in [6.07, 6.45) is 2.21. The number of nitrogens with one attached hydrogen (secondary N) is 1. The van der Waals surface area contributed by atoms with E-state index in [1.54, 1.807) is 24.3 Å². The summed E-state index contributed by atoms with van der Waals surface area (Å²) in [6.45, 7) is 2.57. The molecule has 0 atom stereocenters. The summed E-state index contributed by atoms with van der Waals surface area (Å²) in [5, 5.41) is 23.0. The topological polar surface area (TPSA) is 91.2 Å². The number of carbonyl (C=O) groups is 1. The fraction of sp³-hybridized carbons (Fsp3) is 0.176. The molecule has 0 aromatic heterocycles. The van der Waals surface area contributed by atoms with E-state index in [0.29, 0.717) is 17.9 Å². The van der Waals surface area contributed by atoms with Crippen LogP contribution in [0.25, 0.3) is 0 Å². The van der Waals surface area contributed by atoms with Gasteiger partial charge in [0.1, 0.15) is 17.2 Å². The Morgan fingerprint density at radius 3 is 2.78 bits per heavy atom. The molecule has 2 aromatic carbocycles. The molecule has 23 heavy (non-hydrogen) atoms. The zero-order chi connectivity index (χ0) is 16.7. The van der Waals surface area contributed by atoms with Gasteiger partial charge in [-0.25, -0.2) is 5.43 Å². The minimum Gasteiger partial charge on any atom is -0.508 e. The lowest BCUT2D eigenvalue weighted by Gasteiger charge is -2.06. The van der Waals surface area contributed by atoms with Gasteiger partial charge in [0.15, 0.2) is 0 Å². The molecule has 0 heterocycles. The number of nitrogens with zero attached hydrogens (tertiary/aromatic N) is 1. The molecular weight excluding hydrogens is 296 g/mol. The molecule has 0 aliphatic heterocycles. The standard InChI is InChI=1S/C17H18N2O4/c1-2-8-23-15-7-6-13(16(21)10-15)11-18-19-17(22)12-4-3-5-14(20)9-12/h3-7,9-11,20-21H,2,8H2,1H3,(H,19,22)/b18-11+. The van der Waals surface area contributed by atoms with Crippen molar-refractivity contribution in [2.75, 3.05) is 6.61 Å². The molecule has 0 bridgehead atoms. The van der Waals surface area contributed by atoms with Crippen LogP contribution in [0.2, 0.25) is 0 Å². The molecule has 0 saturated heterocycles. The number of ether oxygens (including phenoxy) is 1. The number of aromatic hydroxyl groups is 2. The quantitative estimate of drug-likeness (QED) is 0.564. The molecule has 120 valence electrons. The Kier molecular flexibility index (Phi) is 5.57. The number of phenolic OH excluding ortho intramolecular Hbond substituents is 2. The number of carbonyl (C=O) groups excluding carboxylic acids is 1. The van der Waals surface area contributed by atoms with Crippen LogP contribution in [-0.4, -0.2) is 28.9 Å². The molecule has 0 unspecified atom stereocenters. The average molecular weight is 314 g/mol. The number of rotatable bonds is 6. The second-order valence-corrected chi connectivity index (χ2v) is 4.82. The normalized spacial score (nSPS) is 10.7. The third kappa shape index (κ3) is 4.74. The van der Waals surface area contributed by atoms with Crippen LogP contribution in [0.15, 0.2) is 47.6 Å². The second kappa shape index (κ2) is 7.84. The lowest BCUT2D eigenvalue weighted by atomic mass is 10.2. The van der Waals surface area contributed by atoms with Crippen molar-refractivity contribution in [1.29, 1.82) is 0 Å². The molecule has 0 radical (unpaired) electrons. The number of benzene rings is 2. The Balaban J connectivity index is 1.99. The van der Waals surface area contributed by atoms with Gasteiger partial charge in [-0.1, -0.05) is 13.0 Å². The van der Waals surface area contributed by atoms with Crippen LogP contribution >= 0.6 is 0 Å². The van der Waals surface area contributed by atoms with Crippen molar-refractivity contribution in [3.63, 3.8) is 0 Å². The average Bonchev–Trinajstić information content (AvgIpc) is 2.54. The van der Waals surface area contributed by atoms with E-state index < -0.39 is 5.91 Å². The lowest BCUT2D eigenvalue weighted by Crippen LogP contribution is -2.17.